The monoisotopic (exact) mass is 489 g/mol. The number of ether oxygens (including phenoxy) is 2. The van der Waals surface area contributed by atoms with Crippen molar-refractivity contribution >= 4 is 39.1 Å². The molecule has 2 heterocycles. The highest BCUT2D eigenvalue weighted by molar-refractivity contribution is 7.99. The van der Waals surface area contributed by atoms with Gasteiger partial charge in [-0.15, -0.1) is 10.2 Å². The molecule has 1 aromatic heterocycles. The largest absolute Gasteiger partial charge is 0.486 e. The number of benzene rings is 2. The van der Waals surface area contributed by atoms with E-state index in [9.17, 15) is 13.2 Å². The van der Waals surface area contributed by atoms with Gasteiger partial charge in [0.1, 0.15) is 13.2 Å². The Morgan fingerprint density at radius 1 is 1.12 bits per heavy atom. The number of carbonyl (C=O) groups excluding carboxylic acids is 1. The molecule has 174 valence electrons. The molecule has 0 aliphatic carbocycles. The van der Waals surface area contributed by atoms with Crippen molar-refractivity contribution in [3.63, 3.8) is 0 Å². The van der Waals surface area contributed by atoms with Crippen LogP contribution in [0.2, 0.25) is 0 Å². The minimum Gasteiger partial charge on any atom is -0.486 e. The summed E-state index contributed by atoms with van der Waals surface area (Å²) in [4.78, 5) is 12.4. The van der Waals surface area contributed by atoms with Crippen LogP contribution in [0.25, 0.3) is 0 Å². The summed E-state index contributed by atoms with van der Waals surface area (Å²) in [5.74, 6) is 1.59. The van der Waals surface area contributed by atoms with Crippen molar-refractivity contribution in [2.45, 2.75) is 11.7 Å². The number of nitrogens with one attached hydrogen (secondary N) is 1. The van der Waals surface area contributed by atoms with Gasteiger partial charge < -0.3 is 19.4 Å². The number of anilines is 2. The first-order valence-electron chi connectivity index (χ1n) is 10.0. The Labute approximate surface area is 196 Å². The van der Waals surface area contributed by atoms with Crippen molar-refractivity contribution in [3.05, 3.63) is 54.4 Å². The number of hydrogen-bond donors (Lipinski definition) is 1. The van der Waals surface area contributed by atoms with Crippen molar-refractivity contribution < 1.29 is 22.7 Å². The van der Waals surface area contributed by atoms with Crippen LogP contribution < -0.4 is 19.1 Å². The second-order valence-electron chi connectivity index (χ2n) is 7.26. The Hall–Kier alpha value is -3.25. The summed E-state index contributed by atoms with van der Waals surface area (Å²) in [5, 5.41) is 11.6. The van der Waals surface area contributed by atoms with Crippen LogP contribution in [0.5, 0.6) is 11.5 Å². The topological polar surface area (TPSA) is 116 Å². The quantitative estimate of drug-likeness (QED) is 0.479. The van der Waals surface area contributed by atoms with E-state index in [1.807, 2.05) is 6.07 Å². The van der Waals surface area contributed by atoms with Crippen LogP contribution in [-0.2, 0) is 28.4 Å². The van der Waals surface area contributed by atoms with Crippen LogP contribution in [0.15, 0.2) is 53.7 Å². The van der Waals surface area contributed by atoms with Crippen LogP contribution >= 0.6 is 11.8 Å². The van der Waals surface area contributed by atoms with E-state index < -0.39 is 10.0 Å². The predicted molar refractivity (Wildman–Crippen MR) is 125 cm³/mol. The Morgan fingerprint density at radius 3 is 2.58 bits per heavy atom. The summed E-state index contributed by atoms with van der Waals surface area (Å²) < 4.78 is 38.6. The molecule has 0 fully saturated rings. The fourth-order valence-corrected chi connectivity index (χ4v) is 4.76. The summed E-state index contributed by atoms with van der Waals surface area (Å²) in [6.45, 7) is 0.994. The van der Waals surface area contributed by atoms with Crippen LogP contribution in [-0.4, -0.2) is 54.3 Å². The molecule has 0 spiro atoms. The highest BCUT2D eigenvalue weighted by atomic mass is 32.2. The lowest BCUT2D eigenvalue weighted by Crippen LogP contribution is -2.30. The Balaban J connectivity index is 1.39. The van der Waals surface area contributed by atoms with Crippen molar-refractivity contribution in [3.8, 4) is 11.5 Å². The minimum absolute atomic E-state index is 0.0241. The molecule has 33 heavy (non-hydrogen) atoms. The summed E-state index contributed by atoms with van der Waals surface area (Å²) in [6, 6.07) is 14.0. The van der Waals surface area contributed by atoms with Gasteiger partial charge in [-0.1, -0.05) is 30.0 Å². The zero-order chi connectivity index (χ0) is 23.4. The van der Waals surface area contributed by atoms with Crippen molar-refractivity contribution in [1.29, 1.82) is 0 Å². The molecule has 1 aliphatic heterocycles. The third-order valence-electron chi connectivity index (χ3n) is 4.81. The van der Waals surface area contributed by atoms with Gasteiger partial charge in [0.25, 0.3) is 0 Å². The smallest absolute Gasteiger partial charge is 0.234 e. The van der Waals surface area contributed by atoms with Gasteiger partial charge in [0.15, 0.2) is 22.5 Å². The van der Waals surface area contributed by atoms with Crippen LogP contribution in [0.3, 0.4) is 0 Å². The van der Waals surface area contributed by atoms with Crippen molar-refractivity contribution in [2.75, 3.05) is 34.8 Å². The fraction of sp³-hybridized carbons (Fsp3) is 0.286. The van der Waals surface area contributed by atoms with E-state index in [1.54, 1.807) is 54.1 Å². The predicted octanol–water partition coefficient (Wildman–Crippen LogP) is 2.28. The zero-order valence-corrected chi connectivity index (χ0v) is 19.7. The lowest BCUT2D eigenvalue weighted by atomic mass is 10.2. The van der Waals surface area contributed by atoms with Gasteiger partial charge >= 0.3 is 0 Å². The Kier molecular flexibility index (Phi) is 6.75. The van der Waals surface area contributed by atoms with E-state index in [0.29, 0.717) is 47.1 Å². The van der Waals surface area contributed by atoms with Crippen LogP contribution in [0, 0.1) is 0 Å². The van der Waals surface area contributed by atoms with Gasteiger partial charge in [-0.2, -0.15) is 0 Å². The highest BCUT2D eigenvalue weighted by Gasteiger charge is 2.21. The van der Waals surface area contributed by atoms with E-state index in [0.717, 1.165) is 6.26 Å². The molecule has 3 aromatic rings. The second kappa shape index (κ2) is 9.71. The van der Waals surface area contributed by atoms with Gasteiger partial charge in [0.2, 0.25) is 15.9 Å². The highest BCUT2D eigenvalue weighted by Crippen LogP contribution is 2.32. The SMILES string of the molecule is Cn1c(CN(c2ccccc2)S(C)(=O)=O)nnc1SCC(=O)Nc1ccc2c(c1)OCCO2. The number of rotatable bonds is 8. The summed E-state index contributed by atoms with van der Waals surface area (Å²) in [5.41, 5.74) is 1.14. The zero-order valence-electron chi connectivity index (χ0n) is 18.1. The number of sulfonamides is 1. The van der Waals surface area contributed by atoms with E-state index in [4.69, 9.17) is 9.47 Å². The first-order valence-corrected chi connectivity index (χ1v) is 12.9. The van der Waals surface area contributed by atoms with E-state index >= 15 is 0 Å². The van der Waals surface area contributed by atoms with E-state index in [2.05, 4.69) is 15.5 Å². The third-order valence-corrected chi connectivity index (χ3v) is 6.97. The second-order valence-corrected chi connectivity index (χ2v) is 10.1. The van der Waals surface area contributed by atoms with Gasteiger partial charge in [-0.25, -0.2) is 8.42 Å². The molecule has 12 heteroatoms. The molecule has 2 aromatic carbocycles. The van der Waals surface area contributed by atoms with Gasteiger partial charge in [-0.3, -0.25) is 9.10 Å². The molecular weight excluding hydrogens is 466 g/mol. The molecule has 0 atom stereocenters. The average molecular weight is 490 g/mol. The molecule has 0 bridgehead atoms. The van der Waals surface area contributed by atoms with E-state index in [1.165, 1.54) is 16.1 Å². The molecule has 0 saturated heterocycles. The molecule has 1 N–H and O–H groups in total. The van der Waals surface area contributed by atoms with Gasteiger partial charge in [-0.05, 0) is 24.3 Å². The maximum absolute atomic E-state index is 12.4. The standard InChI is InChI=1S/C21H23N5O5S2/c1-25-19(13-26(33(2,28)29)16-6-4-3-5-7-16)23-24-21(25)32-14-20(27)22-15-8-9-17-18(12-15)31-11-10-30-17/h3-9,12H,10-11,13-14H2,1-2H3,(H,22,27). The molecular formula is C21H23N5O5S2. The van der Waals surface area contributed by atoms with Gasteiger partial charge in [0.05, 0.1) is 24.2 Å². The number of para-hydroxylation sites is 1. The number of hydrogen-bond acceptors (Lipinski definition) is 8. The number of fused-ring (bicyclic) bond motifs is 1. The number of aromatic nitrogens is 3. The van der Waals surface area contributed by atoms with Crippen LogP contribution in [0.4, 0.5) is 11.4 Å². The molecule has 0 saturated carbocycles. The van der Waals surface area contributed by atoms with E-state index in [-0.39, 0.29) is 18.2 Å². The first kappa shape index (κ1) is 22.9. The lowest BCUT2D eigenvalue weighted by Gasteiger charge is -2.21. The molecule has 1 amide bonds. The first-order chi connectivity index (χ1) is 15.8. The molecule has 0 radical (unpaired) electrons. The minimum atomic E-state index is -3.53. The summed E-state index contributed by atoms with van der Waals surface area (Å²) >= 11 is 1.21. The molecule has 10 nitrogen and oxygen atoms in total. The number of nitrogens with zero attached hydrogens (tertiary/aromatic N) is 4. The third kappa shape index (κ3) is 5.57. The Morgan fingerprint density at radius 2 is 1.85 bits per heavy atom. The van der Waals surface area contributed by atoms with Gasteiger partial charge in [0, 0.05) is 18.8 Å². The lowest BCUT2D eigenvalue weighted by molar-refractivity contribution is -0.113. The maximum atomic E-state index is 12.4. The molecule has 0 unspecified atom stereocenters. The summed E-state index contributed by atoms with van der Waals surface area (Å²) in [6.07, 6.45) is 1.15. The maximum Gasteiger partial charge on any atom is 0.234 e. The van der Waals surface area contributed by atoms with Crippen LogP contribution in [0.1, 0.15) is 5.82 Å². The number of thioether (sulfide) groups is 1. The van der Waals surface area contributed by atoms with Crippen molar-refractivity contribution in [1.82, 2.24) is 14.8 Å². The van der Waals surface area contributed by atoms with Crippen molar-refractivity contribution in [2.24, 2.45) is 7.05 Å². The fourth-order valence-electron chi connectivity index (χ4n) is 3.18. The molecule has 1 aliphatic rings. The molecule has 4 rings (SSSR count). The number of carbonyl (C=O) groups is 1. The normalized spacial score (nSPS) is 12.9. The number of amides is 1. The Bertz CT molecular complexity index is 1250. The summed E-state index contributed by atoms with van der Waals surface area (Å²) in [7, 11) is -1.79. The average Bonchev–Trinajstić information content (AvgIpc) is 3.15.